The molecule has 124 valence electrons. The lowest BCUT2D eigenvalue weighted by Gasteiger charge is -2.06. The third-order valence-corrected chi connectivity index (χ3v) is 3.45. The molecule has 0 spiro atoms. The van der Waals surface area contributed by atoms with Gasteiger partial charge in [0.15, 0.2) is 6.61 Å². The van der Waals surface area contributed by atoms with E-state index in [1.807, 2.05) is 30.3 Å². The molecule has 1 heterocycles. The van der Waals surface area contributed by atoms with Crippen LogP contribution in [0.25, 0.3) is 21.9 Å². The molecular formula is C18H17NO5. The molecule has 3 aromatic rings. The second kappa shape index (κ2) is 7.14. The molecule has 0 aliphatic carbocycles. The quantitative estimate of drug-likeness (QED) is 0.704. The minimum Gasteiger partial charge on any atom is -0.456 e. The Morgan fingerprint density at radius 1 is 1.04 bits per heavy atom. The van der Waals surface area contributed by atoms with Crippen molar-refractivity contribution >= 4 is 39.5 Å². The number of benzene rings is 2. The highest BCUT2D eigenvalue weighted by molar-refractivity contribution is 6.07. The van der Waals surface area contributed by atoms with Gasteiger partial charge < -0.3 is 19.2 Å². The fourth-order valence-corrected chi connectivity index (χ4v) is 2.37. The van der Waals surface area contributed by atoms with Crippen molar-refractivity contribution in [1.29, 1.82) is 0 Å². The summed E-state index contributed by atoms with van der Waals surface area (Å²) in [6.45, 7) is 1.68. The van der Waals surface area contributed by atoms with Gasteiger partial charge >= 0.3 is 5.97 Å². The summed E-state index contributed by atoms with van der Waals surface area (Å²) in [5, 5.41) is 4.59. The first-order valence-corrected chi connectivity index (χ1v) is 7.62. The molecule has 0 saturated heterocycles. The number of amides is 1. The summed E-state index contributed by atoms with van der Waals surface area (Å²) in [6.07, 6.45) is 0. The van der Waals surface area contributed by atoms with Crippen molar-refractivity contribution in [3.8, 4) is 0 Å². The molecule has 24 heavy (non-hydrogen) atoms. The number of ether oxygens (including phenoxy) is 2. The van der Waals surface area contributed by atoms with E-state index >= 15 is 0 Å². The van der Waals surface area contributed by atoms with E-state index in [0.717, 1.165) is 21.9 Å². The highest BCUT2D eigenvalue weighted by Crippen LogP contribution is 2.30. The van der Waals surface area contributed by atoms with Crippen molar-refractivity contribution in [2.45, 2.75) is 6.92 Å². The van der Waals surface area contributed by atoms with Gasteiger partial charge in [-0.25, -0.2) is 4.79 Å². The third-order valence-electron chi connectivity index (χ3n) is 3.45. The van der Waals surface area contributed by atoms with Gasteiger partial charge in [-0.05, 0) is 31.2 Å². The van der Waals surface area contributed by atoms with Crippen LogP contribution in [0.4, 0.5) is 5.69 Å². The Hall–Kier alpha value is -2.86. The Morgan fingerprint density at radius 3 is 2.67 bits per heavy atom. The van der Waals surface area contributed by atoms with Crippen LogP contribution in [0.15, 0.2) is 46.9 Å². The van der Waals surface area contributed by atoms with Crippen molar-refractivity contribution < 1.29 is 23.5 Å². The van der Waals surface area contributed by atoms with Crippen LogP contribution in [0.1, 0.15) is 6.92 Å². The predicted molar refractivity (Wildman–Crippen MR) is 89.8 cm³/mol. The number of furan rings is 1. The van der Waals surface area contributed by atoms with Gasteiger partial charge in [0.1, 0.15) is 17.8 Å². The maximum absolute atomic E-state index is 11.9. The fraction of sp³-hybridized carbons (Fsp3) is 0.222. The summed E-state index contributed by atoms with van der Waals surface area (Å²) < 4.78 is 15.5. The molecule has 0 fully saturated rings. The minimum atomic E-state index is -0.566. The number of para-hydroxylation sites is 1. The minimum absolute atomic E-state index is 0.156. The number of carbonyl (C=O) groups is 2. The SMILES string of the molecule is CCOCC(=O)OCC(=O)Nc1ccc2oc3ccccc3c2c1. The van der Waals surface area contributed by atoms with E-state index < -0.39 is 11.9 Å². The van der Waals surface area contributed by atoms with E-state index in [2.05, 4.69) is 5.32 Å². The van der Waals surface area contributed by atoms with Gasteiger partial charge in [0.2, 0.25) is 0 Å². The molecule has 0 atom stereocenters. The molecule has 0 radical (unpaired) electrons. The second-order valence-corrected chi connectivity index (χ2v) is 5.16. The third kappa shape index (κ3) is 3.55. The molecule has 3 rings (SSSR count). The first kappa shape index (κ1) is 16.0. The first-order chi connectivity index (χ1) is 11.7. The van der Waals surface area contributed by atoms with E-state index in [9.17, 15) is 9.59 Å². The normalized spacial score (nSPS) is 10.9. The van der Waals surface area contributed by atoms with Crippen LogP contribution in [0.3, 0.4) is 0 Å². The van der Waals surface area contributed by atoms with Crippen molar-refractivity contribution in [3.63, 3.8) is 0 Å². The summed E-state index contributed by atoms with van der Waals surface area (Å²) in [5.74, 6) is -0.977. The Bertz CT molecular complexity index is 883. The monoisotopic (exact) mass is 327 g/mol. The molecule has 0 unspecified atom stereocenters. The molecule has 2 aromatic carbocycles. The molecule has 0 aliphatic heterocycles. The van der Waals surface area contributed by atoms with Gasteiger partial charge in [0, 0.05) is 23.1 Å². The number of hydrogen-bond donors (Lipinski definition) is 1. The lowest BCUT2D eigenvalue weighted by molar-refractivity contribution is -0.151. The number of esters is 1. The molecule has 1 N–H and O–H groups in total. The molecular weight excluding hydrogens is 310 g/mol. The maximum Gasteiger partial charge on any atom is 0.332 e. The van der Waals surface area contributed by atoms with Gasteiger partial charge in [0.25, 0.3) is 5.91 Å². The summed E-state index contributed by atoms with van der Waals surface area (Å²) in [7, 11) is 0. The number of hydrogen-bond acceptors (Lipinski definition) is 5. The Kier molecular flexibility index (Phi) is 4.77. The van der Waals surface area contributed by atoms with Crippen molar-refractivity contribution in [2.75, 3.05) is 25.1 Å². The molecule has 1 aromatic heterocycles. The van der Waals surface area contributed by atoms with Gasteiger partial charge in [-0.15, -0.1) is 0 Å². The van der Waals surface area contributed by atoms with Crippen molar-refractivity contribution in [2.24, 2.45) is 0 Å². The van der Waals surface area contributed by atoms with E-state index in [1.54, 1.807) is 19.1 Å². The number of anilines is 1. The smallest absolute Gasteiger partial charge is 0.332 e. The van der Waals surface area contributed by atoms with Crippen LogP contribution in [0.5, 0.6) is 0 Å². The zero-order valence-electron chi connectivity index (χ0n) is 13.2. The molecule has 1 amide bonds. The zero-order chi connectivity index (χ0) is 16.9. The van der Waals surface area contributed by atoms with Crippen LogP contribution in [0.2, 0.25) is 0 Å². The van der Waals surface area contributed by atoms with E-state index in [0.29, 0.717) is 12.3 Å². The Morgan fingerprint density at radius 2 is 1.83 bits per heavy atom. The van der Waals surface area contributed by atoms with Gasteiger partial charge in [0.05, 0.1) is 0 Å². The Labute approximate surface area is 138 Å². The fourth-order valence-electron chi connectivity index (χ4n) is 2.37. The zero-order valence-corrected chi connectivity index (χ0v) is 13.2. The lowest BCUT2D eigenvalue weighted by Crippen LogP contribution is -2.22. The summed E-state index contributed by atoms with van der Waals surface area (Å²) in [5.41, 5.74) is 2.15. The highest BCUT2D eigenvalue weighted by atomic mass is 16.6. The van der Waals surface area contributed by atoms with Gasteiger partial charge in [-0.1, -0.05) is 18.2 Å². The van der Waals surface area contributed by atoms with Crippen LogP contribution < -0.4 is 5.32 Å². The summed E-state index contributed by atoms with van der Waals surface area (Å²) in [6, 6.07) is 13.1. The average molecular weight is 327 g/mol. The van der Waals surface area contributed by atoms with Gasteiger partial charge in [-0.3, -0.25) is 4.79 Å². The van der Waals surface area contributed by atoms with Crippen LogP contribution in [-0.2, 0) is 19.1 Å². The number of rotatable bonds is 6. The molecule has 0 bridgehead atoms. The molecule has 6 heteroatoms. The molecule has 6 nitrogen and oxygen atoms in total. The second-order valence-electron chi connectivity index (χ2n) is 5.16. The maximum atomic E-state index is 11.9. The van der Waals surface area contributed by atoms with E-state index in [-0.39, 0.29) is 13.2 Å². The summed E-state index contributed by atoms with van der Waals surface area (Å²) >= 11 is 0. The standard InChI is InChI=1S/C18H17NO5/c1-2-22-11-18(21)23-10-17(20)19-12-7-8-16-14(9-12)13-5-3-4-6-15(13)24-16/h3-9H,2,10-11H2,1H3,(H,19,20). The number of carbonyl (C=O) groups excluding carboxylic acids is 2. The predicted octanol–water partition coefficient (Wildman–Crippen LogP) is 3.10. The van der Waals surface area contributed by atoms with Crippen LogP contribution in [-0.4, -0.2) is 31.7 Å². The number of fused-ring (bicyclic) bond motifs is 3. The average Bonchev–Trinajstić information content (AvgIpc) is 2.96. The molecule has 0 saturated carbocycles. The van der Waals surface area contributed by atoms with Crippen molar-refractivity contribution in [1.82, 2.24) is 0 Å². The molecule has 0 aliphatic rings. The van der Waals surface area contributed by atoms with Crippen molar-refractivity contribution in [3.05, 3.63) is 42.5 Å². The first-order valence-electron chi connectivity index (χ1n) is 7.62. The van der Waals surface area contributed by atoms with Crippen LogP contribution >= 0.6 is 0 Å². The largest absolute Gasteiger partial charge is 0.456 e. The van der Waals surface area contributed by atoms with Gasteiger partial charge in [-0.2, -0.15) is 0 Å². The van der Waals surface area contributed by atoms with Crippen LogP contribution in [0, 0.1) is 0 Å². The highest BCUT2D eigenvalue weighted by Gasteiger charge is 2.10. The lowest BCUT2D eigenvalue weighted by atomic mass is 10.1. The Balaban J connectivity index is 1.67. The topological polar surface area (TPSA) is 77.8 Å². The van der Waals surface area contributed by atoms with E-state index in [1.165, 1.54) is 0 Å². The summed E-state index contributed by atoms with van der Waals surface area (Å²) in [4.78, 5) is 23.2. The van der Waals surface area contributed by atoms with E-state index in [4.69, 9.17) is 13.9 Å². The number of nitrogens with one attached hydrogen (secondary N) is 1.